The first-order valence-corrected chi connectivity index (χ1v) is 4.81. The number of nitrogens with zero attached hydrogens (tertiary/aromatic N) is 1. The summed E-state index contributed by atoms with van der Waals surface area (Å²) >= 11 is 0. The second kappa shape index (κ2) is 4.80. The molecule has 72 valence electrons. The minimum Gasteiger partial charge on any atom is -0.392 e. The van der Waals surface area contributed by atoms with E-state index in [-0.39, 0.29) is 12.2 Å². The fraction of sp³-hybridized carbons (Fsp3) is 1.00. The third-order valence-electron chi connectivity index (χ3n) is 2.42. The fourth-order valence-corrected chi connectivity index (χ4v) is 1.62. The molecular formula is C9H19NO2. The van der Waals surface area contributed by atoms with E-state index in [1.54, 1.807) is 0 Å². The van der Waals surface area contributed by atoms with Crippen molar-refractivity contribution >= 4 is 0 Å². The van der Waals surface area contributed by atoms with Crippen molar-refractivity contribution in [3.05, 3.63) is 0 Å². The van der Waals surface area contributed by atoms with Crippen LogP contribution >= 0.6 is 0 Å². The molecule has 1 rings (SSSR count). The first kappa shape index (κ1) is 9.96. The topological polar surface area (TPSA) is 43.7 Å². The van der Waals surface area contributed by atoms with Crippen LogP contribution in [0.1, 0.15) is 26.2 Å². The van der Waals surface area contributed by atoms with E-state index in [4.69, 9.17) is 0 Å². The van der Waals surface area contributed by atoms with E-state index in [0.717, 1.165) is 32.4 Å². The van der Waals surface area contributed by atoms with Crippen molar-refractivity contribution in [2.24, 2.45) is 0 Å². The molecule has 3 nitrogen and oxygen atoms in total. The Bertz CT molecular complexity index is 130. The largest absolute Gasteiger partial charge is 0.392 e. The van der Waals surface area contributed by atoms with Gasteiger partial charge in [-0.25, -0.2) is 0 Å². The Morgan fingerprint density at radius 2 is 2.33 bits per heavy atom. The molecule has 3 heteroatoms. The molecule has 12 heavy (non-hydrogen) atoms. The molecule has 2 N–H and O–H groups in total. The molecule has 0 saturated carbocycles. The summed E-state index contributed by atoms with van der Waals surface area (Å²) in [6.45, 7) is 4.45. The van der Waals surface area contributed by atoms with Gasteiger partial charge in [-0.2, -0.15) is 0 Å². The second-order valence-electron chi connectivity index (χ2n) is 3.62. The molecule has 0 amide bonds. The Labute approximate surface area is 74.0 Å². The zero-order valence-corrected chi connectivity index (χ0v) is 7.74. The predicted molar refractivity (Wildman–Crippen MR) is 48.0 cm³/mol. The maximum atomic E-state index is 9.37. The normalized spacial score (nSPS) is 28.8. The summed E-state index contributed by atoms with van der Waals surface area (Å²) in [5, 5.41) is 18.7. The van der Waals surface area contributed by atoms with Gasteiger partial charge in [0.05, 0.1) is 12.2 Å². The molecule has 0 aromatic rings. The van der Waals surface area contributed by atoms with Gasteiger partial charge in [-0.15, -0.1) is 0 Å². The Balaban J connectivity index is 2.22. The number of hydrogen-bond donors (Lipinski definition) is 2. The van der Waals surface area contributed by atoms with Gasteiger partial charge >= 0.3 is 0 Å². The van der Waals surface area contributed by atoms with E-state index in [1.807, 2.05) is 6.92 Å². The van der Waals surface area contributed by atoms with Crippen LogP contribution < -0.4 is 0 Å². The maximum Gasteiger partial charge on any atom is 0.0667 e. The highest BCUT2D eigenvalue weighted by Gasteiger charge is 2.18. The second-order valence-corrected chi connectivity index (χ2v) is 3.62. The van der Waals surface area contributed by atoms with E-state index in [1.165, 1.54) is 0 Å². The molecule has 1 saturated heterocycles. The number of likely N-dealkylation sites (tertiary alicyclic amines) is 1. The molecule has 0 bridgehead atoms. The molecule has 0 aliphatic carbocycles. The monoisotopic (exact) mass is 173 g/mol. The zero-order valence-electron chi connectivity index (χ0n) is 7.74. The summed E-state index contributed by atoms with van der Waals surface area (Å²) in [6.07, 6.45) is 2.36. The van der Waals surface area contributed by atoms with Gasteiger partial charge in [0, 0.05) is 13.1 Å². The molecule has 1 heterocycles. The molecule has 0 spiro atoms. The minimum absolute atomic E-state index is 0.178. The van der Waals surface area contributed by atoms with Crippen LogP contribution in [0.4, 0.5) is 0 Å². The molecule has 0 radical (unpaired) electrons. The third kappa shape index (κ3) is 3.09. The number of aliphatic hydroxyl groups is 2. The van der Waals surface area contributed by atoms with Gasteiger partial charge in [0.15, 0.2) is 0 Å². The summed E-state index contributed by atoms with van der Waals surface area (Å²) in [5.41, 5.74) is 0. The lowest BCUT2D eigenvalue weighted by atomic mass is 10.1. The van der Waals surface area contributed by atoms with Gasteiger partial charge in [0.1, 0.15) is 0 Å². The summed E-state index contributed by atoms with van der Waals surface area (Å²) < 4.78 is 0. The van der Waals surface area contributed by atoms with E-state index in [0.29, 0.717) is 6.54 Å². The van der Waals surface area contributed by atoms with Gasteiger partial charge in [-0.1, -0.05) is 6.92 Å². The number of β-amino-alcohol motifs (C(OH)–C–C–N with tert-alkyl or cyclic N) is 2. The van der Waals surface area contributed by atoms with Gasteiger partial charge < -0.3 is 10.2 Å². The van der Waals surface area contributed by atoms with Crippen molar-refractivity contribution in [3.63, 3.8) is 0 Å². The van der Waals surface area contributed by atoms with Crippen LogP contribution in [0.2, 0.25) is 0 Å². The lowest BCUT2D eigenvalue weighted by molar-refractivity contribution is 0.0387. The smallest absolute Gasteiger partial charge is 0.0667 e. The van der Waals surface area contributed by atoms with Crippen molar-refractivity contribution in [1.82, 2.24) is 4.90 Å². The molecular weight excluding hydrogens is 154 g/mol. The van der Waals surface area contributed by atoms with Crippen LogP contribution in [-0.2, 0) is 0 Å². The van der Waals surface area contributed by atoms with Gasteiger partial charge in [-0.05, 0) is 25.8 Å². The highest BCUT2D eigenvalue weighted by molar-refractivity contribution is 4.73. The number of hydrogen-bond acceptors (Lipinski definition) is 3. The van der Waals surface area contributed by atoms with Crippen molar-refractivity contribution in [3.8, 4) is 0 Å². The molecule has 1 fully saturated rings. The average Bonchev–Trinajstić information content (AvgIpc) is 2.04. The SMILES string of the molecule is CCC(O)CN1CCCC(O)C1. The number of rotatable bonds is 3. The van der Waals surface area contributed by atoms with Crippen LogP contribution in [-0.4, -0.2) is 47.0 Å². The lowest BCUT2D eigenvalue weighted by Gasteiger charge is -2.31. The first-order chi connectivity index (χ1) is 5.72. The number of piperidine rings is 1. The van der Waals surface area contributed by atoms with E-state index >= 15 is 0 Å². The van der Waals surface area contributed by atoms with Crippen molar-refractivity contribution in [1.29, 1.82) is 0 Å². The Kier molecular flexibility index (Phi) is 3.98. The quantitative estimate of drug-likeness (QED) is 0.641. The molecule has 0 aromatic carbocycles. The van der Waals surface area contributed by atoms with Crippen LogP contribution in [0.25, 0.3) is 0 Å². The molecule has 1 aliphatic rings. The standard InChI is InChI=1S/C9H19NO2/c1-2-8(11)6-10-5-3-4-9(12)7-10/h8-9,11-12H,2-7H2,1H3. The van der Waals surface area contributed by atoms with Gasteiger partial charge in [-0.3, -0.25) is 4.90 Å². The summed E-state index contributed by atoms with van der Waals surface area (Å²) in [4.78, 5) is 2.14. The van der Waals surface area contributed by atoms with Crippen LogP contribution in [0.15, 0.2) is 0 Å². The van der Waals surface area contributed by atoms with E-state index < -0.39 is 0 Å². The van der Waals surface area contributed by atoms with Crippen molar-refractivity contribution in [2.45, 2.75) is 38.4 Å². The molecule has 1 aliphatic heterocycles. The molecule has 2 atom stereocenters. The Morgan fingerprint density at radius 1 is 1.58 bits per heavy atom. The van der Waals surface area contributed by atoms with Gasteiger partial charge in [0.2, 0.25) is 0 Å². The third-order valence-corrected chi connectivity index (χ3v) is 2.42. The van der Waals surface area contributed by atoms with Crippen LogP contribution in [0.5, 0.6) is 0 Å². The Hall–Kier alpha value is -0.120. The highest BCUT2D eigenvalue weighted by atomic mass is 16.3. The summed E-state index contributed by atoms with van der Waals surface area (Å²) in [6, 6.07) is 0. The minimum atomic E-state index is -0.227. The lowest BCUT2D eigenvalue weighted by Crippen LogP contribution is -2.42. The summed E-state index contributed by atoms with van der Waals surface area (Å²) in [7, 11) is 0. The zero-order chi connectivity index (χ0) is 8.97. The van der Waals surface area contributed by atoms with Crippen molar-refractivity contribution < 1.29 is 10.2 Å². The van der Waals surface area contributed by atoms with E-state index in [9.17, 15) is 10.2 Å². The van der Waals surface area contributed by atoms with E-state index in [2.05, 4.69) is 4.90 Å². The number of aliphatic hydroxyl groups excluding tert-OH is 2. The van der Waals surface area contributed by atoms with Gasteiger partial charge in [0.25, 0.3) is 0 Å². The molecule has 0 aromatic heterocycles. The van der Waals surface area contributed by atoms with Crippen LogP contribution in [0.3, 0.4) is 0 Å². The highest BCUT2D eigenvalue weighted by Crippen LogP contribution is 2.10. The first-order valence-electron chi connectivity index (χ1n) is 4.81. The van der Waals surface area contributed by atoms with Crippen LogP contribution in [0, 0.1) is 0 Å². The Morgan fingerprint density at radius 3 is 2.92 bits per heavy atom. The predicted octanol–water partition coefficient (Wildman–Crippen LogP) is 0.214. The summed E-state index contributed by atoms with van der Waals surface area (Å²) in [5.74, 6) is 0. The average molecular weight is 173 g/mol. The maximum absolute atomic E-state index is 9.37. The van der Waals surface area contributed by atoms with Crippen molar-refractivity contribution in [2.75, 3.05) is 19.6 Å². The fourth-order valence-electron chi connectivity index (χ4n) is 1.62. The molecule has 2 unspecified atom stereocenters.